The van der Waals surface area contributed by atoms with Crippen molar-refractivity contribution in [1.29, 1.82) is 5.26 Å². The molecule has 0 aromatic heterocycles. The summed E-state index contributed by atoms with van der Waals surface area (Å²) in [6, 6.07) is 9.34. The van der Waals surface area contributed by atoms with Crippen LogP contribution in [0.25, 0.3) is 0 Å². The van der Waals surface area contributed by atoms with Gasteiger partial charge in [-0.15, -0.1) is 0 Å². The van der Waals surface area contributed by atoms with Gasteiger partial charge in [-0.2, -0.15) is 5.26 Å². The van der Waals surface area contributed by atoms with Crippen molar-refractivity contribution < 1.29 is 9.53 Å². The first-order chi connectivity index (χ1) is 10.0. The lowest BCUT2D eigenvalue weighted by atomic mass is 9.89. The number of nitriles is 1. The maximum absolute atomic E-state index is 11.4. The van der Waals surface area contributed by atoms with E-state index in [4.69, 9.17) is 15.7 Å². The van der Waals surface area contributed by atoms with Crippen LogP contribution >= 0.6 is 0 Å². The van der Waals surface area contributed by atoms with E-state index in [-0.39, 0.29) is 5.91 Å². The monoisotopic (exact) mass is 287 g/mol. The number of para-hydroxylation sites is 1. The first-order valence-electron chi connectivity index (χ1n) is 7.19. The van der Waals surface area contributed by atoms with Crippen molar-refractivity contribution in [3.8, 4) is 11.8 Å². The quantitative estimate of drug-likeness (QED) is 0.805. The molecule has 1 aliphatic rings. The highest BCUT2D eigenvalue weighted by Gasteiger charge is 2.38. The number of primary amides is 1. The molecule has 0 saturated carbocycles. The van der Waals surface area contributed by atoms with Crippen molar-refractivity contribution in [3.63, 3.8) is 0 Å². The van der Waals surface area contributed by atoms with Gasteiger partial charge in [0.15, 0.2) is 0 Å². The summed E-state index contributed by atoms with van der Waals surface area (Å²) >= 11 is 0. The minimum Gasteiger partial charge on any atom is -0.492 e. The number of rotatable bonds is 6. The van der Waals surface area contributed by atoms with E-state index >= 15 is 0 Å². The number of carbonyl (C=O) groups excluding carboxylic acids is 1. The summed E-state index contributed by atoms with van der Waals surface area (Å²) in [5, 5.41) is 8.98. The van der Waals surface area contributed by atoms with Gasteiger partial charge in [0.2, 0.25) is 5.91 Å². The average molecular weight is 287 g/mol. The Morgan fingerprint density at radius 3 is 2.95 bits per heavy atom. The summed E-state index contributed by atoms with van der Waals surface area (Å²) in [5.41, 5.74) is 5.60. The zero-order chi connectivity index (χ0) is 15.3. The Morgan fingerprint density at radius 2 is 2.29 bits per heavy atom. The number of likely N-dealkylation sites (tertiary alicyclic amines) is 1. The van der Waals surface area contributed by atoms with Crippen LogP contribution in [-0.4, -0.2) is 37.0 Å². The van der Waals surface area contributed by atoms with Crippen LogP contribution in [0.15, 0.2) is 24.3 Å². The topological polar surface area (TPSA) is 79.3 Å². The molecule has 1 amide bonds. The molecule has 1 fully saturated rings. The lowest BCUT2D eigenvalue weighted by Gasteiger charge is -2.21. The summed E-state index contributed by atoms with van der Waals surface area (Å²) in [6.07, 6.45) is 1.68. The van der Waals surface area contributed by atoms with Crippen LogP contribution in [0.4, 0.5) is 0 Å². The number of ether oxygens (including phenoxy) is 1. The van der Waals surface area contributed by atoms with Crippen molar-refractivity contribution in [1.82, 2.24) is 4.90 Å². The zero-order valence-corrected chi connectivity index (χ0v) is 12.3. The van der Waals surface area contributed by atoms with Crippen molar-refractivity contribution in [2.45, 2.75) is 19.8 Å². The van der Waals surface area contributed by atoms with Crippen LogP contribution in [0.5, 0.6) is 5.75 Å². The fourth-order valence-corrected chi connectivity index (χ4v) is 2.60. The summed E-state index contributed by atoms with van der Waals surface area (Å²) in [6.45, 7) is 4.97. The molecular weight excluding hydrogens is 266 g/mol. The molecule has 2 N–H and O–H groups in total. The zero-order valence-electron chi connectivity index (χ0n) is 12.3. The third-order valence-electron chi connectivity index (χ3n) is 4.03. The third kappa shape index (κ3) is 3.73. The van der Waals surface area contributed by atoms with Crippen molar-refractivity contribution in [2.24, 2.45) is 11.1 Å². The molecule has 1 saturated heterocycles. The third-order valence-corrected chi connectivity index (χ3v) is 4.03. The molecule has 5 heteroatoms. The summed E-state index contributed by atoms with van der Waals surface area (Å²) in [5.74, 6) is 0.410. The van der Waals surface area contributed by atoms with Crippen LogP contribution in [0.2, 0.25) is 0 Å². The number of amides is 1. The number of carbonyl (C=O) groups is 1. The summed E-state index contributed by atoms with van der Waals surface area (Å²) < 4.78 is 5.65. The highest BCUT2D eigenvalue weighted by atomic mass is 16.5. The number of hydrogen-bond acceptors (Lipinski definition) is 4. The maximum atomic E-state index is 11.4. The van der Waals surface area contributed by atoms with Gasteiger partial charge in [0.1, 0.15) is 11.8 Å². The van der Waals surface area contributed by atoms with E-state index in [0.717, 1.165) is 32.5 Å². The Labute approximate surface area is 125 Å². The standard InChI is InChI=1S/C16H21N3O2/c1-16(15(18)20)7-9-19(12-16)8-4-10-21-14-6-3-2-5-13(14)11-17/h2-3,5-6H,4,7-10,12H2,1H3,(H2,18,20). The minimum absolute atomic E-state index is 0.218. The predicted octanol–water partition coefficient (Wildman–Crippen LogP) is 1.52. The van der Waals surface area contributed by atoms with Crippen molar-refractivity contribution >= 4 is 5.91 Å². The first-order valence-corrected chi connectivity index (χ1v) is 7.19. The van der Waals surface area contributed by atoms with E-state index in [0.29, 0.717) is 17.9 Å². The van der Waals surface area contributed by atoms with Crippen molar-refractivity contribution in [2.75, 3.05) is 26.2 Å². The molecule has 0 spiro atoms. The fraction of sp³-hybridized carbons (Fsp3) is 0.500. The molecule has 5 nitrogen and oxygen atoms in total. The molecule has 0 bridgehead atoms. The maximum Gasteiger partial charge on any atom is 0.224 e. The number of hydrogen-bond donors (Lipinski definition) is 1. The van der Waals surface area contributed by atoms with E-state index in [2.05, 4.69) is 11.0 Å². The molecule has 1 aromatic rings. The van der Waals surface area contributed by atoms with E-state index in [1.54, 1.807) is 12.1 Å². The van der Waals surface area contributed by atoms with Gasteiger partial charge >= 0.3 is 0 Å². The second kappa shape index (κ2) is 6.59. The largest absolute Gasteiger partial charge is 0.492 e. The Morgan fingerprint density at radius 1 is 1.52 bits per heavy atom. The van der Waals surface area contributed by atoms with Crippen LogP contribution in [0.1, 0.15) is 25.3 Å². The fourth-order valence-electron chi connectivity index (χ4n) is 2.60. The summed E-state index contributed by atoms with van der Waals surface area (Å²) in [7, 11) is 0. The van der Waals surface area contributed by atoms with Gasteiger partial charge in [0.05, 0.1) is 17.6 Å². The van der Waals surface area contributed by atoms with E-state index in [1.807, 2.05) is 19.1 Å². The average Bonchev–Trinajstić information content (AvgIpc) is 2.87. The highest BCUT2D eigenvalue weighted by Crippen LogP contribution is 2.29. The predicted molar refractivity (Wildman–Crippen MR) is 79.6 cm³/mol. The van der Waals surface area contributed by atoms with Crippen LogP contribution in [0.3, 0.4) is 0 Å². The van der Waals surface area contributed by atoms with Gasteiger partial charge in [0, 0.05) is 13.1 Å². The second-order valence-electron chi connectivity index (χ2n) is 5.76. The molecule has 1 atom stereocenters. The highest BCUT2D eigenvalue weighted by molar-refractivity contribution is 5.81. The Balaban J connectivity index is 1.74. The normalized spacial score (nSPS) is 21.9. The number of benzene rings is 1. The van der Waals surface area contributed by atoms with Gasteiger partial charge in [-0.05, 0) is 38.4 Å². The van der Waals surface area contributed by atoms with Gasteiger partial charge in [-0.3, -0.25) is 4.79 Å². The van der Waals surface area contributed by atoms with Crippen LogP contribution in [0, 0.1) is 16.7 Å². The number of nitrogens with two attached hydrogens (primary N) is 1. The molecule has 1 aromatic carbocycles. The Bertz CT molecular complexity index is 553. The van der Waals surface area contributed by atoms with Gasteiger partial charge in [-0.1, -0.05) is 12.1 Å². The molecule has 1 aliphatic heterocycles. The molecular formula is C16H21N3O2. The van der Waals surface area contributed by atoms with Crippen LogP contribution in [-0.2, 0) is 4.79 Å². The summed E-state index contributed by atoms with van der Waals surface area (Å²) in [4.78, 5) is 13.6. The SMILES string of the molecule is CC1(C(N)=O)CCN(CCCOc2ccccc2C#N)C1. The molecule has 2 rings (SSSR count). The van der Waals surface area contributed by atoms with Crippen LogP contribution < -0.4 is 10.5 Å². The minimum atomic E-state index is -0.395. The lowest BCUT2D eigenvalue weighted by Crippen LogP contribution is -2.37. The number of nitrogens with zero attached hydrogens (tertiary/aromatic N) is 2. The van der Waals surface area contributed by atoms with E-state index in [1.165, 1.54) is 0 Å². The van der Waals surface area contributed by atoms with E-state index in [9.17, 15) is 4.79 Å². The molecule has 21 heavy (non-hydrogen) atoms. The van der Waals surface area contributed by atoms with Gasteiger partial charge < -0.3 is 15.4 Å². The first kappa shape index (κ1) is 15.3. The smallest absolute Gasteiger partial charge is 0.224 e. The molecule has 0 radical (unpaired) electrons. The molecule has 112 valence electrons. The second-order valence-corrected chi connectivity index (χ2v) is 5.76. The Kier molecular flexibility index (Phi) is 4.81. The molecule has 1 heterocycles. The Hall–Kier alpha value is -2.06. The van der Waals surface area contributed by atoms with Gasteiger partial charge in [0.25, 0.3) is 0 Å². The van der Waals surface area contributed by atoms with Crippen molar-refractivity contribution in [3.05, 3.63) is 29.8 Å². The van der Waals surface area contributed by atoms with Gasteiger partial charge in [-0.25, -0.2) is 0 Å². The molecule has 1 unspecified atom stereocenters. The van der Waals surface area contributed by atoms with E-state index < -0.39 is 5.41 Å². The molecule has 0 aliphatic carbocycles. The lowest BCUT2D eigenvalue weighted by molar-refractivity contribution is -0.126.